The number of thioether (sulfide) groups is 1. The molecular formula is C22H29FN2O2S. The van der Waals surface area contributed by atoms with Crippen molar-refractivity contribution in [2.24, 2.45) is 5.92 Å². The lowest BCUT2D eigenvalue weighted by Gasteiger charge is -2.31. The molecule has 6 heteroatoms. The quantitative estimate of drug-likeness (QED) is 0.712. The molecule has 2 saturated heterocycles. The molecule has 0 aromatic heterocycles. The third-order valence-electron chi connectivity index (χ3n) is 6.17. The fourth-order valence-electron chi connectivity index (χ4n) is 4.45. The first-order valence-corrected chi connectivity index (χ1v) is 11.4. The van der Waals surface area contributed by atoms with Crippen molar-refractivity contribution in [3.05, 3.63) is 41.1 Å². The second-order valence-corrected chi connectivity index (χ2v) is 9.09. The minimum atomic E-state index is -0.487. The Morgan fingerprint density at radius 3 is 2.86 bits per heavy atom. The number of hydrogen-bond donors (Lipinski definition) is 0. The van der Waals surface area contributed by atoms with Gasteiger partial charge in [-0.2, -0.15) is 0 Å². The predicted octanol–water partition coefficient (Wildman–Crippen LogP) is 4.17. The lowest BCUT2D eigenvalue weighted by molar-refractivity contribution is 0.0692. The Kier molecular flexibility index (Phi) is 6.26. The van der Waals surface area contributed by atoms with Gasteiger partial charge in [0.1, 0.15) is 11.6 Å². The number of halogens is 1. The molecule has 4 rings (SSSR count). The minimum absolute atomic E-state index is 0.157. The van der Waals surface area contributed by atoms with E-state index in [9.17, 15) is 9.18 Å². The zero-order valence-corrected chi connectivity index (χ0v) is 17.3. The number of amides is 1. The maximum absolute atomic E-state index is 14.7. The molecule has 2 fully saturated rings. The van der Waals surface area contributed by atoms with Gasteiger partial charge in [0.05, 0.1) is 12.2 Å². The summed E-state index contributed by atoms with van der Waals surface area (Å²) in [5, 5.41) is 2.08. The molecule has 0 N–H and O–H groups in total. The van der Waals surface area contributed by atoms with Crippen LogP contribution in [0.15, 0.2) is 29.7 Å². The van der Waals surface area contributed by atoms with Crippen molar-refractivity contribution in [3.63, 3.8) is 0 Å². The largest absolute Gasteiger partial charge is 0.493 e. The molecule has 152 valence electrons. The van der Waals surface area contributed by atoms with Crippen molar-refractivity contribution >= 4 is 17.7 Å². The molecule has 1 amide bonds. The zero-order valence-electron chi connectivity index (χ0n) is 16.5. The number of likely N-dealkylation sites (tertiary alicyclic amines) is 2. The molecule has 0 spiro atoms. The highest BCUT2D eigenvalue weighted by Gasteiger charge is 2.33. The fraction of sp³-hybridized carbons (Fsp3) is 0.591. The average molecular weight is 405 g/mol. The van der Waals surface area contributed by atoms with Gasteiger partial charge in [-0.25, -0.2) is 4.39 Å². The number of hydrogen-bond acceptors (Lipinski definition) is 4. The summed E-state index contributed by atoms with van der Waals surface area (Å²) in [6.07, 6.45) is 6.58. The van der Waals surface area contributed by atoms with E-state index in [1.165, 1.54) is 18.9 Å². The van der Waals surface area contributed by atoms with Crippen molar-refractivity contribution in [2.75, 3.05) is 32.0 Å². The highest BCUT2D eigenvalue weighted by Crippen LogP contribution is 2.27. The first-order chi connectivity index (χ1) is 13.6. The van der Waals surface area contributed by atoms with Gasteiger partial charge < -0.3 is 9.64 Å². The summed E-state index contributed by atoms with van der Waals surface area (Å²) >= 11 is 1.76. The highest BCUT2D eigenvalue weighted by atomic mass is 32.2. The van der Waals surface area contributed by atoms with E-state index in [4.69, 9.17) is 4.74 Å². The minimum Gasteiger partial charge on any atom is -0.493 e. The van der Waals surface area contributed by atoms with Crippen LogP contribution in [0.5, 0.6) is 5.75 Å². The van der Waals surface area contributed by atoms with E-state index in [-0.39, 0.29) is 17.5 Å². The van der Waals surface area contributed by atoms with E-state index >= 15 is 0 Å². The Morgan fingerprint density at radius 1 is 1.29 bits per heavy atom. The molecule has 3 aliphatic heterocycles. The molecule has 1 aromatic rings. The topological polar surface area (TPSA) is 32.8 Å². The Bertz CT molecular complexity index is 741. The molecule has 3 heterocycles. The maximum atomic E-state index is 14.7. The monoisotopic (exact) mass is 404 g/mol. The van der Waals surface area contributed by atoms with Gasteiger partial charge in [0.25, 0.3) is 5.91 Å². The molecule has 1 aromatic carbocycles. The highest BCUT2D eigenvalue weighted by molar-refractivity contribution is 8.02. The van der Waals surface area contributed by atoms with Crippen LogP contribution in [0.25, 0.3) is 0 Å². The predicted molar refractivity (Wildman–Crippen MR) is 111 cm³/mol. The Labute approximate surface area is 171 Å². The first kappa shape index (κ1) is 19.8. The Hall–Kier alpha value is -1.53. The molecule has 0 bridgehead atoms. The number of nitrogens with zero attached hydrogens (tertiary/aromatic N) is 2. The summed E-state index contributed by atoms with van der Waals surface area (Å²) in [6.45, 7) is 5.53. The van der Waals surface area contributed by atoms with Crippen molar-refractivity contribution in [1.82, 2.24) is 9.80 Å². The van der Waals surface area contributed by atoms with Crippen molar-refractivity contribution in [1.29, 1.82) is 0 Å². The molecule has 0 saturated carbocycles. The number of carbonyl (C=O) groups excluding carboxylic acids is 1. The van der Waals surface area contributed by atoms with Crippen molar-refractivity contribution in [2.45, 2.75) is 44.7 Å². The van der Waals surface area contributed by atoms with Gasteiger partial charge in [0.15, 0.2) is 0 Å². The van der Waals surface area contributed by atoms with E-state index < -0.39 is 5.82 Å². The Balaban J connectivity index is 1.39. The van der Waals surface area contributed by atoms with Crippen LogP contribution < -0.4 is 4.74 Å². The van der Waals surface area contributed by atoms with E-state index in [0.717, 1.165) is 38.2 Å². The van der Waals surface area contributed by atoms with Gasteiger partial charge in [0, 0.05) is 42.9 Å². The van der Waals surface area contributed by atoms with Crippen LogP contribution in [-0.4, -0.2) is 59.8 Å². The summed E-state index contributed by atoms with van der Waals surface area (Å²) in [7, 11) is 0. The lowest BCUT2D eigenvalue weighted by atomic mass is 10.1. The van der Waals surface area contributed by atoms with Crippen LogP contribution in [0, 0.1) is 11.7 Å². The van der Waals surface area contributed by atoms with Crippen molar-refractivity contribution in [3.8, 4) is 5.75 Å². The van der Waals surface area contributed by atoms with Crippen LogP contribution in [0.4, 0.5) is 4.39 Å². The molecule has 0 aliphatic carbocycles. The molecule has 4 nitrogen and oxygen atoms in total. The van der Waals surface area contributed by atoms with Crippen LogP contribution >= 0.6 is 11.8 Å². The number of rotatable bonds is 6. The maximum Gasteiger partial charge on any atom is 0.257 e. The van der Waals surface area contributed by atoms with Crippen molar-refractivity contribution < 1.29 is 13.9 Å². The Morgan fingerprint density at radius 2 is 2.14 bits per heavy atom. The lowest BCUT2D eigenvalue weighted by Crippen LogP contribution is -2.44. The SMILES string of the molecule is CC1CCCN1CC1CCCN1C(=O)c1ccc(OCC2C=CSC2)cc1F. The van der Waals surface area contributed by atoms with Crippen LogP contribution in [0.1, 0.15) is 43.0 Å². The number of ether oxygens (including phenoxy) is 1. The van der Waals surface area contributed by atoms with E-state index in [1.54, 1.807) is 23.9 Å². The van der Waals surface area contributed by atoms with Gasteiger partial charge in [-0.3, -0.25) is 9.69 Å². The number of benzene rings is 1. The summed E-state index contributed by atoms with van der Waals surface area (Å²) in [4.78, 5) is 17.4. The van der Waals surface area contributed by atoms with Gasteiger partial charge in [-0.05, 0) is 56.7 Å². The average Bonchev–Trinajstić information content (AvgIpc) is 3.43. The fourth-order valence-corrected chi connectivity index (χ4v) is 5.35. The van der Waals surface area contributed by atoms with Crippen LogP contribution in [0.2, 0.25) is 0 Å². The second-order valence-electron chi connectivity index (χ2n) is 8.16. The molecule has 28 heavy (non-hydrogen) atoms. The molecule has 3 unspecified atom stereocenters. The van der Waals surface area contributed by atoms with E-state index in [0.29, 0.717) is 24.3 Å². The van der Waals surface area contributed by atoms with Gasteiger partial charge in [-0.15, -0.1) is 11.8 Å². The smallest absolute Gasteiger partial charge is 0.257 e. The normalized spacial score (nSPS) is 27.6. The first-order valence-electron chi connectivity index (χ1n) is 10.4. The third kappa shape index (κ3) is 4.38. The zero-order chi connectivity index (χ0) is 19.5. The summed E-state index contributed by atoms with van der Waals surface area (Å²) in [5.41, 5.74) is 0.157. The van der Waals surface area contributed by atoms with Gasteiger partial charge >= 0.3 is 0 Å². The number of carbonyl (C=O) groups is 1. The molecule has 0 radical (unpaired) electrons. The second kappa shape index (κ2) is 8.87. The van der Waals surface area contributed by atoms with Crippen LogP contribution in [0.3, 0.4) is 0 Å². The van der Waals surface area contributed by atoms with E-state index in [1.807, 2.05) is 4.90 Å². The standard InChI is InChI=1S/C22H29FN2O2S/c1-16-4-2-9-24(16)13-18-5-3-10-25(18)22(26)20-7-6-19(12-21(20)23)27-14-17-8-11-28-15-17/h6-8,11-12,16-18H,2-5,9-10,13-15H2,1H3. The van der Waals surface area contributed by atoms with Gasteiger partial charge in [0.2, 0.25) is 0 Å². The van der Waals surface area contributed by atoms with Crippen LogP contribution in [-0.2, 0) is 0 Å². The molecule has 3 aliphatic rings. The summed E-state index contributed by atoms with van der Waals surface area (Å²) < 4.78 is 20.4. The third-order valence-corrected chi connectivity index (χ3v) is 7.14. The van der Waals surface area contributed by atoms with Gasteiger partial charge in [-0.1, -0.05) is 6.08 Å². The summed E-state index contributed by atoms with van der Waals surface area (Å²) in [5.74, 6) is 1.19. The molecular weight excluding hydrogens is 375 g/mol. The van der Waals surface area contributed by atoms with E-state index in [2.05, 4.69) is 23.3 Å². The summed E-state index contributed by atoms with van der Waals surface area (Å²) in [6, 6.07) is 5.43. The molecule has 3 atom stereocenters.